The average molecular weight is 401 g/mol. The molecule has 0 aromatic heterocycles. The van der Waals surface area contributed by atoms with Crippen molar-refractivity contribution in [1.82, 2.24) is 4.90 Å². The fourth-order valence-corrected chi connectivity index (χ4v) is 5.01. The Morgan fingerprint density at radius 1 is 1.15 bits per heavy atom. The average Bonchev–Trinajstić information content (AvgIpc) is 2.63. The lowest BCUT2D eigenvalue weighted by Crippen LogP contribution is -2.51. The lowest BCUT2D eigenvalue weighted by atomic mass is 9.65. The Morgan fingerprint density at radius 2 is 1.85 bits per heavy atom. The highest BCUT2D eigenvalue weighted by Crippen LogP contribution is 2.42. The predicted octanol–water partition coefficient (Wildman–Crippen LogP) is 3.44. The summed E-state index contributed by atoms with van der Waals surface area (Å²) in [7, 11) is 0. The van der Waals surface area contributed by atoms with Crippen molar-refractivity contribution in [2.45, 2.75) is 44.2 Å². The van der Waals surface area contributed by atoms with Crippen molar-refractivity contribution in [2.75, 3.05) is 19.7 Å². The van der Waals surface area contributed by atoms with Crippen LogP contribution in [0.15, 0.2) is 18.2 Å². The molecule has 2 bridgehead atoms. The molecule has 0 radical (unpaired) electrons. The summed E-state index contributed by atoms with van der Waals surface area (Å²) in [5.41, 5.74) is 6.91. The third-order valence-electron chi connectivity index (χ3n) is 6.46. The van der Waals surface area contributed by atoms with Crippen LogP contribution in [-0.2, 0) is 9.53 Å². The van der Waals surface area contributed by atoms with Crippen molar-refractivity contribution >= 4 is 18.3 Å². The zero-order chi connectivity index (χ0) is 18.3. The number of amides is 1. The first-order valence-electron chi connectivity index (χ1n) is 9.64. The van der Waals surface area contributed by atoms with Crippen LogP contribution in [-0.4, -0.2) is 36.5 Å². The van der Waals surface area contributed by atoms with Gasteiger partial charge in [-0.05, 0) is 55.2 Å². The predicted molar refractivity (Wildman–Crippen MR) is 100 cm³/mol. The summed E-state index contributed by atoms with van der Waals surface area (Å²) in [6.07, 6.45) is 4.82. The van der Waals surface area contributed by atoms with Gasteiger partial charge >= 0.3 is 0 Å². The van der Waals surface area contributed by atoms with Crippen molar-refractivity contribution in [3.8, 4) is 0 Å². The summed E-state index contributed by atoms with van der Waals surface area (Å²) in [6.45, 7) is 1.35. The number of hydrogen-bond donors (Lipinski definition) is 1. The first-order valence-corrected chi connectivity index (χ1v) is 9.64. The van der Waals surface area contributed by atoms with Crippen LogP contribution in [0.2, 0.25) is 0 Å². The van der Waals surface area contributed by atoms with Gasteiger partial charge in [0.2, 0.25) is 5.91 Å². The second-order valence-corrected chi connectivity index (χ2v) is 8.01. The molecule has 4 rings (SSSR count). The number of carbonyl (C=O) groups is 1. The third-order valence-corrected chi connectivity index (χ3v) is 6.46. The highest BCUT2D eigenvalue weighted by atomic mass is 35.5. The van der Waals surface area contributed by atoms with Gasteiger partial charge in [-0.1, -0.05) is 12.5 Å². The van der Waals surface area contributed by atoms with Crippen LogP contribution in [0.1, 0.15) is 43.8 Å². The maximum Gasteiger partial charge on any atom is 0.225 e. The van der Waals surface area contributed by atoms with E-state index in [0.29, 0.717) is 37.1 Å². The molecule has 1 amide bonds. The van der Waals surface area contributed by atoms with E-state index in [1.807, 2.05) is 4.90 Å². The number of carbonyl (C=O) groups excluding carboxylic acids is 1. The molecule has 1 heterocycles. The molecule has 2 N–H and O–H groups in total. The smallest absolute Gasteiger partial charge is 0.225 e. The maximum atomic E-state index is 13.5. The number of morpholine rings is 1. The molecule has 2 saturated carbocycles. The Labute approximate surface area is 164 Å². The Bertz CT molecular complexity index is 676. The summed E-state index contributed by atoms with van der Waals surface area (Å²) in [5, 5.41) is 0. The molecule has 1 aromatic rings. The van der Waals surface area contributed by atoms with E-state index in [9.17, 15) is 13.6 Å². The Kier molecular flexibility index (Phi) is 6.39. The maximum absolute atomic E-state index is 13.5. The van der Waals surface area contributed by atoms with Crippen LogP contribution < -0.4 is 5.73 Å². The number of fused-ring (bicyclic) bond motifs is 2. The normalized spacial score (nSPS) is 33.3. The van der Waals surface area contributed by atoms with Gasteiger partial charge in [-0.3, -0.25) is 4.79 Å². The number of nitrogens with two attached hydrogens (primary N) is 1. The molecule has 3 unspecified atom stereocenters. The van der Waals surface area contributed by atoms with E-state index in [1.165, 1.54) is 12.5 Å². The zero-order valence-electron chi connectivity index (χ0n) is 15.3. The quantitative estimate of drug-likeness (QED) is 0.827. The van der Waals surface area contributed by atoms with Crippen LogP contribution in [0.4, 0.5) is 8.78 Å². The van der Waals surface area contributed by atoms with Crippen LogP contribution in [0, 0.1) is 29.4 Å². The number of ether oxygens (including phenoxy) is 1. The first-order chi connectivity index (χ1) is 12.5. The fourth-order valence-electron chi connectivity index (χ4n) is 5.01. The van der Waals surface area contributed by atoms with Crippen molar-refractivity contribution < 1.29 is 18.3 Å². The third kappa shape index (κ3) is 4.13. The Morgan fingerprint density at radius 3 is 2.52 bits per heavy atom. The number of benzene rings is 1. The molecule has 1 aliphatic heterocycles. The largest absolute Gasteiger partial charge is 0.370 e. The highest BCUT2D eigenvalue weighted by molar-refractivity contribution is 5.85. The summed E-state index contributed by atoms with van der Waals surface area (Å²) in [4.78, 5) is 14.9. The van der Waals surface area contributed by atoms with Gasteiger partial charge in [0.15, 0.2) is 11.6 Å². The van der Waals surface area contributed by atoms with Gasteiger partial charge in [0.05, 0.1) is 13.2 Å². The van der Waals surface area contributed by atoms with E-state index in [1.54, 1.807) is 0 Å². The van der Waals surface area contributed by atoms with Crippen LogP contribution in [0.3, 0.4) is 0 Å². The monoisotopic (exact) mass is 400 g/mol. The summed E-state index contributed by atoms with van der Waals surface area (Å²) < 4.78 is 32.4. The Hall–Kier alpha value is -1.24. The lowest BCUT2D eigenvalue weighted by molar-refractivity contribution is -0.146. The number of rotatable bonds is 2. The summed E-state index contributed by atoms with van der Waals surface area (Å²) in [6, 6.07) is 4.05. The molecule has 0 spiro atoms. The number of nitrogens with zero attached hydrogens (tertiary/aromatic N) is 1. The minimum absolute atomic E-state index is 0. The minimum atomic E-state index is -0.886. The van der Waals surface area contributed by atoms with Crippen LogP contribution in [0.5, 0.6) is 0 Å². The van der Waals surface area contributed by atoms with Crippen molar-refractivity contribution in [2.24, 2.45) is 23.5 Å². The molecular weight excluding hydrogens is 374 g/mol. The molecule has 3 fully saturated rings. The molecule has 2 aliphatic carbocycles. The molecule has 3 aliphatic rings. The minimum Gasteiger partial charge on any atom is -0.370 e. The van der Waals surface area contributed by atoms with Gasteiger partial charge in [0.1, 0.15) is 6.10 Å². The van der Waals surface area contributed by atoms with E-state index in [-0.39, 0.29) is 30.3 Å². The van der Waals surface area contributed by atoms with E-state index in [2.05, 4.69) is 0 Å². The van der Waals surface area contributed by atoms with Crippen LogP contribution in [0.25, 0.3) is 0 Å². The highest BCUT2D eigenvalue weighted by Gasteiger charge is 2.42. The fraction of sp³-hybridized carbons (Fsp3) is 0.650. The molecule has 7 heteroatoms. The SMILES string of the molecule is Cl.NC1C2CCCC1CC(C(=O)N1CCOC(c3ccc(F)c(F)c3)C1)C2. The van der Waals surface area contributed by atoms with E-state index >= 15 is 0 Å². The van der Waals surface area contributed by atoms with Crippen molar-refractivity contribution in [3.05, 3.63) is 35.4 Å². The number of hydrogen-bond acceptors (Lipinski definition) is 3. The standard InChI is InChI=1S/C20H26F2N2O2.ClH/c21-16-5-4-12(10-17(16)22)18-11-24(6-7-26-18)20(25)15-8-13-2-1-3-14(9-15)19(13)23;/h4-5,10,13-15,18-19H,1-3,6-9,11,23H2;1H. The van der Waals surface area contributed by atoms with E-state index < -0.39 is 17.7 Å². The van der Waals surface area contributed by atoms with Crippen molar-refractivity contribution in [3.63, 3.8) is 0 Å². The first kappa shape index (κ1) is 20.5. The van der Waals surface area contributed by atoms with E-state index in [0.717, 1.165) is 37.8 Å². The van der Waals surface area contributed by atoms with Gasteiger partial charge in [0, 0.05) is 18.5 Å². The van der Waals surface area contributed by atoms with Gasteiger partial charge in [0.25, 0.3) is 0 Å². The molecule has 1 aromatic carbocycles. The van der Waals surface area contributed by atoms with Crippen molar-refractivity contribution in [1.29, 1.82) is 0 Å². The molecular formula is C20H27ClF2N2O2. The second-order valence-electron chi connectivity index (χ2n) is 8.01. The van der Waals surface area contributed by atoms with Crippen LogP contribution >= 0.6 is 12.4 Å². The molecule has 3 atom stereocenters. The molecule has 4 nitrogen and oxygen atoms in total. The summed E-state index contributed by atoms with van der Waals surface area (Å²) in [5.74, 6) is -0.635. The zero-order valence-corrected chi connectivity index (χ0v) is 16.1. The summed E-state index contributed by atoms with van der Waals surface area (Å²) >= 11 is 0. The Balaban J connectivity index is 0.00000210. The van der Waals surface area contributed by atoms with Gasteiger partial charge in [-0.25, -0.2) is 8.78 Å². The van der Waals surface area contributed by atoms with Gasteiger partial charge in [-0.2, -0.15) is 0 Å². The molecule has 1 saturated heterocycles. The molecule has 27 heavy (non-hydrogen) atoms. The molecule has 150 valence electrons. The lowest BCUT2D eigenvalue weighted by Gasteiger charge is -2.45. The van der Waals surface area contributed by atoms with E-state index in [4.69, 9.17) is 10.5 Å². The van der Waals surface area contributed by atoms with Gasteiger partial charge in [-0.15, -0.1) is 12.4 Å². The number of halogens is 3. The second kappa shape index (κ2) is 8.41. The van der Waals surface area contributed by atoms with Gasteiger partial charge < -0.3 is 15.4 Å². The topological polar surface area (TPSA) is 55.6 Å².